The summed E-state index contributed by atoms with van der Waals surface area (Å²) in [6.45, 7) is 7.00. The second-order valence-electron chi connectivity index (χ2n) is 12.1. The zero-order chi connectivity index (χ0) is 27.3. The molecule has 3 heterocycles. The molecular weight excluding hydrogens is 506 g/mol. The van der Waals surface area contributed by atoms with Gasteiger partial charge in [-0.2, -0.15) is 0 Å². The number of benzene rings is 2. The second-order valence-corrected chi connectivity index (χ2v) is 12.5. The lowest BCUT2D eigenvalue weighted by Crippen LogP contribution is -2.38. The summed E-state index contributed by atoms with van der Waals surface area (Å²) in [6, 6.07) is 15.1. The molecule has 0 spiro atoms. The predicted octanol–water partition coefficient (Wildman–Crippen LogP) is 7.61. The van der Waals surface area contributed by atoms with Crippen LogP contribution in [0.15, 0.2) is 42.5 Å². The Morgan fingerprint density at radius 1 is 0.974 bits per heavy atom. The summed E-state index contributed by atoms with van der Waals surface area (Å²) in [4.78, 5) is 33.0. The van der Waals surface area contributed by atoms with E-state index in [9.17, 15) is 9.59 Å². The van der Waals surface area contributed by atoms with Gasteiger partial charge in [-0.1, -0.05) is 43.6 Å². The molecule has 2 fully saturated rings. The summed E-state index contributed by atoms with van der Waals surface area (Å²) >= 11 is 6.36. The molecule has 2 atom stereocenters. The minimum Gasteiger partial charge on any atom is -0.349 e. The van der Waals surface area contributed by atoms with Crippen LogP contribution < -0.4 is 5.32 Å². The number of nitrogens with zero attached hydrogens (tertiary/aromatic N) is 2. The van der Waals surface area contributed by atoms with Gasteiger partial charge in [-0.05, 0) is 99.7 Å². The topological polar surface area (TPSA) is 62.3 Å². The van der Waals surface area contributed by atoms with Crippen LogP contribution in [0.25, 0.3) is 10.9 Å². The Balaban J connectivity index is 1.03. The number of aryl methyl sites for hydroxylation is 1. The largest absolute Gasteiger partial charge is 0.349 e. The first kappa shape index (κ1) is 26.5. The monoisotopic (exact) mass is 543 g/mol. The van der Waals surface area contributed by atoms with Gasteiger partial charge in [0.15, 0.2) is 5.78 Å². The number of halogens is 1. The van der Waals surface area contributed by atoms with E-state index in [1.165, 1.54) is 30.4 Å². The molecule has 1 aliphatic carbocycles. The molecule has 0 unspecified atom stereocenters. The van der Waals surface area contributed by atoms with Gasteiger partial charge in [-0.15, -0.1) is 0 Å². The number of Topliss-reactive ketones (excluding diaryl/α,β-unsaturated/α-hetero) is 1. The van der Waals surface area contributed by atoms with Gasteiger partial charge in [0.1, 0.15) is 0 Å². The average Bonchev–Trinajstić information content (AvgIpc) is 3.48. The molecule has 6 rings (SSSR count). The first-order chi connectivity index (χ1) is 18.8. The van der Waals surface area contributed by atoms with Crippen molar-refractivity contribution < 1.29 is 9.59 Å². The average molecular weight is 544 g/mol. The molecule has 3 aliphatic rings. The van der Waals surface area contributed by atoms with Crippen LogP contribution >= 0.6 is 11.6 Å². The van der Waals surface area contributed by atoms with Crippen LogP contribution in [0.4, 0.5) is 0 Å². The van der Waals surface area contributed by atoms with Crippen LogP contribution in [0.1, 0.15) is 108 Å². The van der Waals surface area contributed by atoms with Crippen molar-refractivity contribution in [3.8, 4) is 0 Å². The van der Waals surface area contributed by atoms with Crippen molar-refractivity contribution in [3.63, 3.8) is 0 Å². The summed E-state index contributed by atoms with van der Waals surface area (Å²) in [6.07, 6.45) is 7.96. The van der Waals surface area contributed by atoms with Crippen LogP contribution in [0.2, 0.25) is 5.02 Å². The van der Waals surface area contributed by atoms with E-state index in [1.807, 2.05) is 45.0 Å². The number of ketones is 1. The van der Waals surface area contributed by atoms with E-state index >= 15 is 0 Å². The van der Waals surface area contributed by atoms with E-state index < -0.39 is 0 Å². The number of fused-ring (bicyclic) bond motifs is 6. The Morgan fingerprint density at radius 3 is 2.46 bits per heavy atom. The van der Waals surface area contributed by atoms with Gasteiger partial charge < -0.3 is 5.32 Å². The zero-order valence-corrected chi connectivity index (χ0v) is 23.9. The molecule has 204 valence electrons. The van der Waals surface area contributed by atoms with E-state index in [0.717, 1.165) is 48.9 Å². The smallest absolute Gasteiger partial charge is 0.252 e. The minimum absolute atomic E-state index is 0.0319. The van der Waals surface area contributed by atoms with Crippen LogP contribution in [-0.4, -0.2) is 34.2 Å². The third-order valence-corrected chi connectivity index (χ3v) is 9.60. The van der Waals surface area contributed by atoms with Gasteiger partial charge in [-0.25, -0.2) is 0 Å². The van der Waals surface area contributed by atoms with Crippen molar-refractivity contribution in [1.82, 2.24) is 15.2 Å². The molecule has 6 heteroatoms. The fraction of sp³-hybridized carbons (Fsp3) is 0.485. The first-order valence-corrected chi connectivity index (χ1v) is 15.0. The zero-order valence-electron chi connectivity index (χ0n) is 23.2. The van der Waals surface area contributed by atoms with Crippen molar-refractivity contribution in [2.45, 2.75) is 83.8 Å². The lowest BCUT2D eigenvalue weighted by Gasteiger charge is -2.31. The Bertz CT molecular complexity index is 1430. The number of amides is 1. The van der Waals surface area contributed by atoms with Crippen LogP contribution in [-0.2, 0) is 0 Å². The molecule has 1 saturated carbocycles. The Labute approximate surface area is 236 Å². The molecule has 5 nitrogen and oxygen atoms in total. The summed E-state index contributed by atoms with van der Waals surface area (Å²) < 4.78 is 0. The van der Waals surface area contributed by atoms with E-state index in [-0.39, 0.29) is 23.7 Å². The van der Waals surface area contributed by atoms with E-state index in [4.69, 9.17) is 11.6 Å². The highest BCUT2D eigenvalue weighted by Gasteiger charge is 2.43. The van der Waals surface area contributed by atoms with Gasteiger partial charge in [0.05, 0.1) is 10.5 Å². The SMILES string of the molecule is Cc1ccc2c(C(=O)N[C@H]3CC[C@H](CCN4[C@@H]5CC[C@H]4c4ccc(C(=O)C(C)C)cc45)CC3)ccc(Cl)c2n1. The van der Waals surface area contributed by atoms with Crippen molar-refractivity contribution in [2.24, 2.45) is 11.8 Å². The maximum absolute atomic E-state index is 13.2. The highest BCUT2D eigenvalue weighted by molar-refractivity contribution is 6.35. The quantitative estimate of drug-likeness (QED) is 0.311. The highest BCUT2D eigenvalue weighted by Crippen LogP contribution is 2.53. The minimum atomic E-state index is -0.0347. The molecule has 1 amide bonds. The maximum atomic E-state index is 13.2. The number of carbonyl (C=O) groups is 2. The lowest BCUT2D eigenvalue weighted by molar-refractivity contribution is 0.0917. The summed E-state index contributed by atoms with van der Waals surface area (Å²) in [5.41, 5.74) is 5.93. The van der Waals surface area contributed by atoms with E-state index in [2.05, 4.69) is 27.3 Å². The van der Waals surface area contributed by atoms with Crippen LogP contribution in [0, 0.1) is 18.8 Å². The lowest BCUT2D eigenvalue weighted by atomic mass is 9.84. The standard InChI is InChI=1S/C33H38ClN3O2/c1-19(2)32(38)22-7-11-24-27(18-22)30-15-14-29(24)37(30)17-16-21-5-8-23(9-6-21)36-33(39)26-12-13-28(34)31-25(26)10-4-20(3)35-31/h4,7,10-13,18-19,21,23,29-30H,5-6,8-9,14-17H2,1-3H3,(H,36,39)/t21-,23-,29-,30+/m0/s1. The van der Waals surface area contributed by atoms with E-state index in [1.54, 1.807) is 6.07 Å². The molecule has 2 bridgehead atoms. The Morgan fingerprint density at radius 2 is 1.72 bits per heavy atom. The van der Waals surface area contributed by atoms with Gasteiger partial charge >= 0.3 is 0 Å². The molecule has 1 saturated heterocycles. The molecule has 39 heavy (non-hydrogen) atoms. The number of pyridine rings is 1. The number of rotatable bonds is 7. The number of aromatic nitrogens is 1. The number of nitrogens with one attached hydrogen (secondary N) is 1. The van der Waals surface area contributed by atoms with Crippen molar-refractivity contribution >= 4 is 34.2 Å². The third kappa shape index (κ3) is 5.00. The van der Waals surface area contributed by atoms with Crippen molar-refractivity contribution in [3.05, 3.63) is 75.4 Å². The highest BCUT2D eigenvalue weighted by atomic mass is 35.5. The summed E-state index contributed by atoms with van der Waals surface area (Å²) in [7, 11) is 0. The van der Waals surface area contributed by atoms with Gasteiger partial charge in [0, 0.05) is 46.3 Å². The van der Waals surface area contributed by atoms with Gasteiger partial charge in [0.2, 0.25) is 0 Å². The van der Waals surface area contributed by atoms with Crippen LogP contribution in [0.3, 0.4) is 0 Å². The normalized spacial score (nSPS) is 24.3. The van der Waals surface area contributed by atoms with Crippen molar-refractivity contribution in [1.29, 1.82) is 0 Å². The van der Waals surface area contributed by atoms with Crippen molar-refractivity contribution in [2.75, 3.05) is 6.54 Å². The second kappa shape index (κ2) is 10.7. The number of hydrogen-bond donors (Lipinski definition) is 1. The molecular formula is C33H38ClN3O2. The van der Waals surface area contributed by atoms with E-state index in [0.29, 0.717) is 34.1 Å². The van der Waals surface area contributed by atoms with Gasteiger partial charge in [-0.3, -0.25) is 19.5 Å². The van der Waals surface area contributed by atoms with Crippen LogP contribution in [0.5, 0.6) is 0 Å². The molecule has 3 aromatic rings. The maximum Gasteiger partial charge on any atom is 0.252 e. The Kier molecular flexibility index (Phi) is 7.24. The van der Waals surface area contributed by atoms with Gasteiger partial charge in [0.25, 0.3) is 5.91 Å². The summed E-state index contributed by atoms with van der Waals surface area (Å²) in [5, 5.41) is 4.67. The fourth-order valence-corrected chi connectivity index (χ4v) is 7.37. The molecule has 1 aromatic heterocycles. The molecule has 2 aliphatic heterocycles. The molecule has 0 radical (unpaired) electrons. The number of carbonyl (C=O) groups excluding carboxylic acids is 2. The number of hydrogen-bond acceptors (Lipinski definition) is 4. The molecule has 1 N–H and O–H groups in total. The first-order valence-electron chi connectivity index (χ1n) is 14.6. The third-order valence-electron chi connectivity index (χ3n) is 9.30. The fourth-order valence-electron chi connectivity index (χ4n) is 7.17. The molecule has 2 aromatic carbocycles. The summed E-state index contributed by atoms with van der Waals surface area (Å²) in [5.74, 6) is 0.937. The predicted molar refractivity (Wildman–Crippen MR) is 156 cm³/mol. The Hall–Kier alpha value is -2.76.